The highest BCUT2D eigenvalue weighted by Crippen LogP contribution is 2.09. The van der Waals surface area contributed by atoms with Gasteiger partial charge in [0.1, 0.15) is 0 Å². The number of hydrogen-bond donors (Lipinski definition) is 3. The van der Waals surface area contributed by atoms with Crippen molar-refractivity contribution in [2.24, 2.45) is 11.7 Å². The van der Waals surface area contributed by atoms with E-state index in [0.29, 0.717) is 6.04 Å². The van der Waals surface area contributed by atoms with Crippen LogP contribution in [0.15, 0.2) is 0 Å². The average molecular weight is 213 g/mol. The molecule has 0 spiro atoms. The average Bonchev–Trinajstić information content (AvgIpc) is 2.41. The van der Waals surface area contributed by atoms with Gasteiger partial charge in [-0.2, -0.15) is 0 Å². The Morgan fingerprint density at radius 3 is 2.73 bits per heavy atom. The second kappa shape index (κ2) is 6.08. The third-order valence-corrected chi connectivity index (χ3v) is 2.96. The predicted octanol–water partition coefficient (Wildman–Crippen LogP) is 0.228. The van der Waals surface area contributed by atoms with Gasteiger partial charge in [-0.1, -0.05) is 13.8 Å². The number of nitrogens with one attached hydrogen (secondary N) is 2. The van der Waals surface area contributed by atoms with Gasteiger partial charge < -0.3 is 16.4 Å². The van der Waals surface area contributed by atoms with Gasteiger partial charge in [-0.25, -0.2) is 0 Å². The first kappa shape index (κ1) is 12.5. The number of rotatable bonds is 4. The Morgan fingerprint density at radius 1 is 1.40 bits per heavy atom. The molecule has 0 aromatic heterocycles. The molecule has 1 aliphatic heterocycles. The van der Waals surface area contributed by atoms with Crippen LogP contribution in [0.3, 0.4) is 0 Å². The van der Waals surface area contributed by atoms with Gasteiger partial charge in [-0.15, -0.1) is 0 Å². The number of primary amides is 1. The molecule has 1 aliphatic rings. The van der Waals surface area contributed by atoms with Crippen LogP contribution in [0.2, 0.25) is 0 Å². The largest absolute Gasteiger partial charge is 0.368 e. The Bertz CT molecular complexity index is 198. The first-order valence-corrected chi connectivity index (χ1v) is 5.87. The summed E-state index contributed by atoms with van der Waals surface area (Å²) in [6.45, 7) is 6.16. The lowest BCUT2D eigenvalue weighted by Crippen LogP contribution is -2.49. The number of nitrogens with two attached hydrogens (primary N) is 1. The predicted molar refractivity (Wildman–Crippen MR) is 61.5 cm³/mol. The number of amides is 1. The van der Waals surface area contributed by atoms with Crippen molar-refractivity contribution in [1.82, 2.24) is 10.6 Å². The summed E-state index contributed by atoms with van der Waals surface area (Å²) in [7, 11) is 0. The van der Waals surface area contributed by atoms with Crippen LogP contribution in [-0.2, 0) is 4.79 Å². The molecule has 1 rings (SSSR count). The van der Waals surface area contributed by atoms with Gasteiger partial charge in [-0.3, -0.25) is 4.79 Å². The topological polar surface area (TPSA) is 67.2 Å². The van der Waals surface area contributed by atoms with Crippen molar-refractivity contribution in [3.05, 3.63) is 0 Å². The minimum Gasteiger partial charge on any atom is -0.368 e. The Hall–Kier alpha value is -0.610. The Morgan fingerprint density at radius 2 is 2.13 bits per heavy atom. The van der Waals surface area contributed by atoms with Crippen LogP contribution in [0.5, 0.6) is 0 Å². The van der Waals surface area contributed by atoms with Crippen molar-refractivity contribution in [2.75, 3.05) is 13.1 Å². The van der Waals surface area contributed by atoms with Gasteiger partial charge in [0.2, 0.25) is 5.91 Å². The van der Waals surface area contributed by atoms with Crippen molar-refractivity contribution >= 4 is 5.91 Å². The fourth-order valence-electron chi connectivity index (χ4n) is 2.04. The summed E-state index contributed by atoms with van der Waals surface area (Å²) in [5.41, 5.74) is 5.38. The molecule has 1 fully saturated rings. The maximum Gasteiger partial charge on any atom is 0.234 e. The molecule has 15 heavy (non-hydrogen) atoms. The molecule has 0 radical (unpaired) electrons. The van der Waals surface area contributed by atoms with Crippen LogP contribution < -0.4 is 16.4 Å². The molecule has 4 nitrogen and oxygen atoms in total. The van der Waals surface area contributed by atoms with Crippen LogP contribution in [-0.4, -0.2) is 31.1 Å². The first-order chi connectivity index (χ1) is 7.11. The fourth-order valence-corrected chi connectivity index (χ4v) is 2.04. The van der Waals surface area contributed by atoms with E-state index >= 15 is 0 Å². The second-order valence-corrected chi connectivity index (χ2v) is 4.67. The fraction of sp³-hybridized carbons (Fsp3) is 0.909. The quantitative estimate of drug-likeness (QED) is 0.626. The van der Waals surface area contributed by atoms with E-state index in [2.05, 4.69) is 10.6 Å². The summed E-state index contributed by atoms with van der Waals surface area (Å²) < 4.78 is 0. The van der Waals surface area contributed by atoms with E-state index in [-0.39, 0.29) is 17.9 Å². The van der Waals surface area contributed by atoms with E-state index < -0.39 is 0 Å². The maximum atomic E-state index is 11.2. The van der Waals surface area contributed by atoms with E-state index in [0.717, 1.165) is 25.9 Å². The third-order valence-electron chi connectivity index (χ3n) is 2.96. The summed E-state index contributed by atoms with van der Waals surface area (Å²) in [4.78, 5) is 11.2. The molecule has 1 saturated heterocycles. The molecular formula is C11H23N3O. The van der Waals surface area contributed by atoms with Crippen molar-refractivity contribution < 1.29 is 4.79 Å². The molecule has 0 aliphatic carbocycles. The zero-order valence-electron chi connectivity index (χ0n) is 9.75. The molecule has 88 valence electrons. The molecule has 4 heteroatoms. The van der Waals surface area contributed by atoms with Crippen LogP contribution in [0.4, 0.5) is 0 Å². The van der Waals surface area contributed by atoms with Crippen molar-refractivity contribution in [3.8, 4) is 0 Å². The highest BCUT2D eigenvalue weighted by molar-refractivity contribution is 5.80. The Kier molecular flexibility index (Phi) is 5.05. The van der Waals surface area contributed by atoms with E-state index in [4.69, 9.17) is 5.73 Å². The van der Waals surface area contributed by atoms with Crippen LogP contribution >= 0.6 is 0 Å². The van der Waals surface area contributed by atoms with E-state index in [9.17, 15) is 4.79 Å². The zero-order chi connectivity index (χ0) is 11.3. The second-order valence-electron chi connectivity index (χ2n) is 4.67. The van der Waals surface area contributed by atoms with E-state index in [1.54, 1.807) is 0 Å². The van der Waals surface area contributed by atoms with Crippen molar-refractivity contribution in [3.63, 3.8) is 0 Å². The minimum atomic E-state index is -0.234. The smallest absolute Gasteiger partial charge is 0.234 e. The number of carbonyl (C=O) groups is 1. The van der Waals surface area contributed by atoms with Gasteiger partial charge in [0, 0.05) is 6.04 Å². The molecule has 1 amide bonds. The van der Waals surface area contributed by atoms with E-state index in [1.807, 2.05) is 13.8 Å². The summed E-state index contributed by atoms with van der Waals surface area (Å²) >= 11 is 0. The number of carbonyl (C=O) groups excluding carboxylic acids is 1. The molecule has 1 heterocycles. The number of hydrogen-bond acceptors (Lipinski definition) is 3. The summed E-state index contributed by atoms with van der Waals surface area (Å²) in [6.07, 6.45) is 3.38. The standard InChI is InChI=1S/C11H23N3O/c1-8(2)10(11(12)15)14-9-4-3-6-13-7-5-9/h8-10,13-14H,3-7H2,1-2H3,(H2,12,15). The lowest BCUT2D eigenvalue weighted by molar-refractivity contribution is -0.121. The monoisotopic (exact) mass is 213 g/mol. The van der Waals surface area contributed by atoms with Crippen LogP contribution in [0.25, 0.3) is 0 Å². The van der Waals surface area contributed by atoms with E-state index in [1.165, 1.54) is 6.42 Å². The van der Waals surface area contributed by atoms with Gasteiger partial charge in [0.05, 0.1) is 6.04 Å². The SMILES string of the molecule is CC(C)C(NC1CCCNCC1)C(N)=O. The normalized spacial score (nSPS) is 24.9. The minimum absolute atomic E-state index is 0.187. The molecule has 2 atom stereocenters. The summed E-state index contributed by atoms with van der Waals surface area (Å²) in [5, 5.41) is 6.73. The molecular weight excluding hydrogens is 190 g/mol. The highest BCUT2D eigenvalue weighted by Gasteiger charge is 2.23. The molecule has 2 unspecified atom stereocenters. The Balaban J connectivity index is 2.45. The van der Waals surface area contributed by atoms with Crippen molar-refractivity contribution in [2.45, 2.75) is 45.2 Å². The highest BCUT2D eigenvalue weighted by atomic mass is 16.1. The van der Waals surface area contributed by atoms with Crippen LogP contribution in [0.1, 0.15) is 33.1 Å². The Labute approximate surface area is 92.0 Å². The van der Waals surface area contributed by atoms with Gasteiger partial charge in [0.25, 0.3) is 0 Å². The van der Waals surface area contributed by atoms with Gasteiger partial charge in [-0.05, 0) is 38.3 Å². The lowest BCUT2D eigenvalue weighted by atomic mass is 10.0. The molecule has 0 aromatic carbocycles. The van der Waals surface area contributed by atoms with Crippen molar-refractivity contribution in [1.29, 1.82) is 0 Å². The third kappa shape index (κ3) is 4.18. The summed E-state index contributed by atoms with van der Waals surface area (Å²) in [5.74, 6) is 0.0286. The van der Waals surface area contributed by atoms with Gasteiger partial charge >= 0.3 is 0 Å². The molecule has 0 bridgehead atoms. The molecule has 0 saturated carbocycles. The zero-order valence-corrected chi connectivity index (χ0v) is 9.75. The molecule has 4 N–H and O–H groups in total. The lowest BCUT2D eigenvalue weighted by Gasteiger charge is -2.25. The first-order valence-electron chi connectivity index (χ1n) is 5.87. The van der Waals surface area contributed by atoms with Gasteiger partial charge in [0.15, 0.2) is 0 Å². The summed E-state index contributed by atoms with van der Waals surface area (Å²) in [6, 6.07) is 0.244. The van der Waals surface area contributed by atoms with Crippen LogP contribution in [0, 0.1) is 5.92 Å². The maximum absolute atomic E-state index is 11.2. The molecule has 0 aromatic rings.